The molecule has 19 heavy (non-hydrogen) atoms. The maximum Gasteiger partial charge on any atom is 0.274 e. The maximum absolute atomic E-state index is 12.2. The Labute approximate surface area is 114 Å². The van der Waals surface area contributed by atoms with Crippen LogP contribution in [0.5, 0.6) is 0 Å². The molecule has 0 amide bonds. The fourth-order valence-corrected chi connectivity index (χ4v) is 3.43. The second-order valence-electron chi connectivity index (χ2n) is 4.95. The molecule has 7 heteroatoms. The van der Waals surface area contributed by atoms with Crippen molar-refractivity contribution >= 4 is 10.0 Å². The van der Waals surface area contributed by atoms with E-state index < -0.39 is 10.0 Å². The van der Waals surface area contributed by atoms with E-state index in [9.17, 15) is 8.42 Å². The lowest BCUT2D eigenvalue weighted by molar-refractivity contribution is 0.247. The number of piperidine rings is 1. The van der Waals surface area contributed by atoms with E-state index >= 15 is 0 Å². The number of hydrogen-bond acceptors (Lipinski definition) is 5. The third-order valence-corrected chi connectivity index (χ3v) is 4.69. The van der Waals surface area contributed by atoms with E-state index in [2.05, 4.69) is 14.9 Å². The van der Waals surface area contributed by atoms with Crippen LogP contribution in [0.25, 0.3) is 0 Å². The molecule has 0 radical (unpaired) electrons. The molecule has 2 N–H and O–H groups in total. The predicted octanol–water partition coefficient (Wildman–Crippen LogP) is 0.372. The summed E-state index contributed by atoms with van der Waals surface area (Å²) in [5.41, 5.74) is 0. The van der Waals surface area contributed by atoms with Gasteiger partial charge < -0.3 is 14.6 Å². The summed E-state index contributed by atoms with van der Waals surface area (Å²) in [5, 5.41) is 2.92. The first kappa shape index (κ1) is 14.5. The average molecular weight is 287 g/mol. The summed E-state index contributed by atoms with van der Waals surface area (Å²) in [7, 11) is 0.290. The van der Waals surface area contributed by atoms with Crippen LogP contribution in [0.2, 0.25) is 0 Å². The number of sulfonamides is 1. The highest BCUT2D eigenvalue weighted by atomic mass is 32.2. The SMILES string of the molecule is CNCc1ccc(S(=O)(=O)NC2CCN(C)CC2)o1. The van der Waals surface area contributed by atoms with Crippen LogP contribution in [0.4, 0.5) is 0 Å². The number of hydrogen-bond donors (Lipinski definition) is 2. The molecular weight excluding hydrogens is 266 g/mol. The zero-order valence-electron chi connectivity index (χ0n) is 11.3. The van der Waals surface area contributed by atoms with Crippen molar-refractivity contribution in [3.8, 4) is 0 Å². The van der Waals surface area contributed by atoms with Gasteiger partial charge in [-0.2, -0.15) is 0 Å². The Bertz CT molecular complexity index is 504. The van der Waals surface area contributed by atoms with Crippen LogP contribution in [0.3, 0.4) is 0 Å². The lowest BCUT2D eigenvalue weighted by Gasteiger charge is -2.28. The molecule has 2 heterocycles. The lowest BCUT2D eigenvalue weighted by Crippen LogP contribution is -2.43. The second kappa shape index (κ2) is 6.04. The predicted molar refractivity (Wildman–Crippen MR) is 72.3 cm³/mol. The van der Waals surface area contributed by atoms with Crippen LogP contribution in [-0.2, 0) is 16.6 Å². The van der Waals surface area contributed by atoms with Gasteiger partial charge in [-0.3, -0.25) is 0 Å². The average Bonchev–Trinajstić information content (AvgIpc) is 2.82. The smallest absolute Gasteiger partial charge is 0.274 e. The topological polar surface area (TPSA) is 74.6 Å². The summed E-state index contributed by atoms with van der Waals surface area (Å²) in [6.07, 6.45) is 1.67. The molecule has 0 atom stereocenters. The Balaban J connectivity index is 2.01. The van der Waals surface area contributed by atoms with Crippen molar-refractivity contribution in [2.24, 2.45) is 0 Å². The Morgan fingerprint density at radius 1 is 1.37 bits per heavy atom. The summed E-state index contributed by atoms with van der Waals surface area (Å²) >= 11 is 0. The van der Waals surface area contributed by atoms with Crippen molar-refractivity contribution in [1.29, 1.82) is 0 Å². The van der Waals surface area contributed by atoms with Gasteiger partial charge in [0.05, 0.1) is 6.54 Å². The molecule has 0 aliphatic carbocycles. The Morgan fingerprint density at radius 2 is 2.05 bits per heavy atom. The maximum atomic E-state index is 12.2. The fourth-order valence-electron chi connectivity index (χ4n) is 2.18. The van der Waals surface area contributed by atoms with E-state index in [1.165, 1.54) is 6.07 Å². The van der Waals surface area contributed by atoms with Crippen molar-refractivity contribution < 1.29 is 12.8 Å². The van der Waals surface area contributed by atoms with Crippen molar-refractivity contribution in [2.45, 2.75) is 30.5 Å². The molecule has 1 aliphatic rings. The van der Waals surface area contributed by atoms with Gasteiger partial charge in [-0.25, -0.2) is 13.1 Å². The summed E-state index contributed by atoms with van der Waals surface area (Å²) in [4.78, 5) is 2.20. The standard InChI is InChI=1S/C12H21N3O3S/c1-13-9-11-3-4-12(18-11)19(16,17)14-10-5-7-15(2)8-6-10/h3-4,10,13-14H,5-9H2,1-2H3. The van der Waals surface area contributed by atoms with Gasteiger partial charge in [-0.15, -0.1) is 0 Å². The van der Waals surface area contributed by atoms with Gasteiger partial charge in [0.15, 0.2) is 0 Å². The molecule has 108 valence electrons. The van der Waals surface area contributed by atoms with Crippen LogP contribution in [-0.4, -0.2) is 46.5 Å². The van der Waals surface area contributed by atoms with Crippen molar-refractivity contribution in [2.75, 3.05) is 27.2 Å². The molecular formula is C12H21N3O3S. The first-order valence-corrected chi connectivity index (χ1v) is 7.94. The Hall–Kier alpha value is -0.890. The fraction of sp³-hybridized carbons (Fsp3) is 0.667. The minimum absolute atomic E-state index is 0.000879. The van der Waals surface area contributed by atoms with Crippen LogP contribution < -0.4 is 10.0 Å². The van der Waals surface area contributed by atoms with Crippen LogP contribution in [0.1, 0.15) is 18.6 Å². The summed E-state index contributed by atoms with van der Waals surface area (Å²) in [5.74, 6) is 0.617. The van der Waals surface area contributed by atoms with Gasteiger partial charge in [0, 0.05) is 6.04 Å². The highest BCUT2D eigenvalue weighted by Gasteiger charge is 2.25. The summed E-state index contributed by atoms with van der Waals surface area (Å²) in [6, 6.07) is 3.18. The van der Waals surface area contributed by atoms with E-state index in [-0.39, 0.29) is 11.1 Å². The van der Waals surface area contributed by atoms with E-state index in [0.29, 0.717) is 12.3 Å². The number of nitrogens with zero attached hydrogens (tertiary/aromatic N) is 1. The third kappa shape index (κ3) is 3.79. The summed E-state index contributed by atoms with van der Waals surface area (Å²) < 4.78 is 32.4. The van der Waals surface area contributed by atoms with Gasteiger partial charge in [0.25, 0.3) is 10.0 Å². The molecule has 0 aromatic carbocycles. The number of furan rings is 1. The quantitative estimate of drug-likeness (QED) is 0.818. The van der Waals surface area contributed by atoms with Crippen molar-refractivity contribution in [3.05, 3.63) is 17.9 Å². The minimum atomic E-state index is -3.54. The van der Waals surface area contributed by atoms with Crippen LogP contribution in [0.15, 0.2) is 21.6 Å². The van der Waals surface area contributed by atoms with Gasteiger partial charge in [-0.05, 0) is 52.2 Å². The zero-order chi connectivity index (χ0) is 13.9. The monoisotopic (exact) mass is 287 g/mol. The molecule has 1 fully saturated rings. The largest absolute Gasteiger partial charge is 0.447 e. The highest BCUT2D eigenvalue weighted by Crippen LogP contribution is 2.16. The van der Waals surface area contributed by atoms with E-state index in [4.69, 9.17) is 4.42 Å². The molecule has 1 aromatic rings. The normalized spacial score (nSPS) is 18.8. The first-order valence-electron chi connectivity index (χ1n) is 6.45. The Morgan fingerprint density at radius 3 is 2.68 bits per heavy atom. The molecule has 0 bridgehead atoms. The molecule has 6 nitrogen and oxygen atoms in total. The number of nitrogens with one attached hydrogen (secondary N) is 2. The molecule has 1 aliphatic heterocycles. The van der Waals surface area contributed by atoms with E-state index in [1.807, 2.05) is 7.05 Å². The van der Waals surface area contributed by atoms with Gasteiger partial charge in [0.2, 0.25) is 5.09 Å². The second-order valence-corrected chi connectivity index (χ2v) is 6.59. The number of rotatable bonds is 5. The molecule has 0 spiro atoms. The summed E-state index contributed by atoms with van der Waals surface area (Å²) in [6.45, 7) is 2.34. The zero-order valence-corrected chi connectivity index (χ0v) is 12.2. The van der Waals surface area contributed by atoms with Gasteiger partial charge >= 0.3 is 0 Å². The molecule has 0 saturated carbocycles. The molecule has 1 aromatic heterocycles. The van der Waals surface area contributed by atoms with Gasteiger partial charge in [-0.1, -0.05) is 0 Å². The van der Waals surface area contributed by atoms with Crippen LogP contribution in [0, 0.1) is 0 Å². The first-order chi connectivity index (χ1) is 9.01. The number of likely N-dealkylation sites (tertiary alicyclic amines) is 1. The Kier molecular flexibility index (Phi) is 4.62. The van der Waals surface area contributed by atoms with Gasteiger partial charge in [0.1, 0.15) is 5.76 Å². The minimum Gasteiger partial charge on any atom is -0.447 e. The van der Waals surface area contributed by atoms with Crippen molar-refractivity contribution in [3.63, 3.8) is 0 Å². The molecule has 2 rings (SSSR count). The third-order valence-electron chi connectivity index (χ3n) is 3.29. The van der Waals surface area contributed by atoms with E-state index in [1.54, 1.807) is 13.1 Å². The van der Waals surface area contributed by atoms with Crippen molar-refractivity contribution in [1.82, 2.24) is 14.9 Å². The molecule has 1 saturated heterocycles. The lowest BCUT2D eigenvalue weighted by atomic mass is 10.1. The molecule has 0 unspecified atom stereocenters. The van der Waals surface area contributed by atoms with Crippen LogP contribution >= 0.6 is 0 Å². The highest BCUT2D eigenvalue weighted by molar-refractivity contribution is 7.89. The van der Waals surface area contributed by atoms with E-state index in [0.717, 1.165) is 25.9 Å².